The number of alkyl halides is 3. The fourth-order valence-electron chi connectivity index (χ4n) is 2.91. The number of aliphatic carboxylic acids is 1. The van der Waals surface area contributed by atoms with E-state index in [2.05, 4.69) is 5.32 Å². The molecule has 0 bridgehead atoms. The van der Waals surface area contributed by atoms with Gasteiger partial charge in [0.25, 0.3) is 0 Å². The van der Waals surface area contributed by atoms with Crippen LogP contribution in [0.2, 0.25) is 0 Å². The van der Waals surface area contributed by atoms with Crippen LogP contribution in [-0.2, 0) is 11.0 Å². The van der Waals surface area contributed by atoms with E-state index in [1.807, 2.05) is 0 Å². The molecule has 0 radical (unpaired) electrons. The summed E-state index contributed by atoms with van der Waals surface area (Å²) in [5, 5.41) is 12.2. The van der Waals surface area contributed by atoms with E-state index in [-0.39, 0.29) is 6.42 Å². The van der Waals surface area contributed by atoms with Gasteiger partial charge >= 0.3 is 12.1 Å². The van der Waals surface area contributed by atoms with Gasteiger partial charge in [-0.25, -0.2) is 0 Å². The highest BCUT2D eigenvalue weighted by Crippen LogP contribution is 2.35. The normalized spacial score (nSPS) is 18.2. The zero-order valence-electron chi connectivity index (χ0n) is 11.5. The summed E-state index contributed by atoms with van der Waals surface area (Å²) >= 11 is 0. The summed E-state index contributed by atoms with van der Waals surface area (Å²) in [6.07, 6.45) is -0.00528. The van der Waals surface area contributed by atoms with Crippen LogP contribution in [0, 0.1) is 0 Å². The summed E-state index contributed by atoms with van der Waals surface area (Å²) in [6.45, 7) is 0. The summed E-state index contributed by atoms with van der Waals surface area (Å²) in [7, 11) is 0. The Morgan fingerprint density at radius 2 is 1.71 bits per heavy atom. The van der Waals surface area contributed by atoms with Crippen LogP contribution >= 0.6 is 0 Å². The van der Waals surface area contributed by atoms with Gasteiger partial charge in [-0.05, 0) is 37.1 Å². The lowest BCUT2D eigenvalue weighted by atomic mass is 9.79. The van der Waals surface area contributed by atoms with Crippen LogP contribution in [0.1, 0.15) is 44.1 Å². The summed E-state index contributed by atoms with van der Waals surface area (Å²) < 4.78 is 37.6. The molecule has 116 valence electrons. The Balaban J connectivity index is 2.15. The molecule has 1 aromatic rings. The topological polar surface area (TPSA) is 49.3 Å². The standard InChI is InChI=1S/C15H18F3NO2/c16-15(17,18)11-4-6-12(7-5-11)19-14(10-13(20)21)8-2-1-3-9-14/h4-7,19H,1-3,8-10H2,(H,20,21). The molecule has 2 N–H and O–H groups in total. The number of carboxylic acid groups (broad SMARTS) is 1. The Hall–Kier alpha value is -1.72. The predicted octanol–water partition coefficient (Wildman–Crippen LogP) is 4.29. The molecule has 0 amide bonds. The van der Waals surface area contributed by atoms with E-state index in [1.165, 1.54) is 12.1 Å². The van der Waals surface area contributed by atoms with Gasteiger partial charge in [0.05, 0.1) is 12.0 Å². The fourth-order valence-corrected chi connectivity index (χ4v) is 2.91. The van der Waals surface area contributed by atoms with E-state index in [0.29, 0.717) is 5.69 Å². The molecule has 0 unspecified atom stereocenters. The molecule has 0 aliphatic heterocycles. The van der Waals surface area contributed by atoms with Crippen LogP contribution in [0.5, 0.6) is 0 Å². The van der Waals surface area contributed by atoms with E-state index in [0.717, 1.165) is 44.2 Å². The summed E-state index contributed by atoms with van der Waals surface area (Å²) in [4.78, 5) is 11.1. The van der Waals surface area contributed by atoms with Gasteiger partial charge in [0, 0.05) is 11.2 Å². The van der Waals surface area contributed by atoms with E-state index in [1.54, 1.807) is 0 Å². The summed E-state index contributed by atoms with van der Waals surface area (Å²) in [6, 6.07) is 4.75. The number of benzene rings is 1. The van der Waals surface area contributed by atoms with Gasteiger partial charge in [0.1, 0.15) is 0 Å². The fraction of sp³-hybridized carbons (Fsp3) is 0.533. The van der Waals surface area contributed by atoms with Crippen molar-refractivity contribution in [2.24, 2.45) is 0 Å². The minimum absolute atomic E-state index is 0.0198. The Bertz CT molecular complexity index is 491. The highest BCUT2D eigenvalue weighted by molar-refractivity contribution is 5.69. The number of halogens is 3. The average Bonchev–Trinajstić information content (AvgIpc) is 2.38. The first-order valence-corrected chi connectivity index (χ1v) is 6.98. The van der Waals surface area contributed by atoms with Crippen molar-refractivity contribution in [2.75, 3.05) is 5.32 Å². The van der Waals surface area contributed by atoms with Crippen molar-refractivity contribution in [1.82, 2.24) is 0 Å². The summed E-state index contributed by atoms with van der Waals surface area (Å²) in [5.74, 6) is -0.892. The second-order valence-corrected chi connectivity index (χ2v) is 5.61. The lowest BCUT2D eigenvalue weighted by Gasteiger charge is -2.38. The number of carbonyl (C=O) groups is 1. The van der Waals surface area contributed by atoms with Crippen molar-refractivity contribution in [3.8, 4) is 0 Å². The first-order valence-electron chi connectivity index (χ1n) is 6.98. The Morgan fingerprint density at radius 1 is 1.14 bits per heavy atom. The van der Waals surface area contributed by atoms with E-state index >= 15 is 0 Å². The maximum atomic E-state index is 12.5. The lowest BCUT2D eigenvalue weighted by Crippen LogP contribution is -2.42. The van der Waals surface area contributed by atoms with Crippen molar-refractivity contribution >= 4 is 11.7 Å². The van der Waals surface area contributed by atoms with Gasteiger partial charge in [0.15, 0.2) is 0 Å². The zero-order valence-corrected chi connectivity index (χ0v) is 11.5. The maximum absolute atomic E-state index is 12.5. The van der Waals surface area contributed by atoms with Crippen LogP contribution < -0.4 is 5.32 Å². The molecule has 0 aromatic heterocycles. The van der Waals surface area contributed by atoms with Crippen molar-refractivity contribution in [1.29, 1.82) is 0 Å². The van der Waals surface area contributed by atoms with Crippen molar-refractivity contribution in [3.63, 3.8) is 0 Å². The molecule has 1 aromatic carbocycles. The monoisotopic (exact) mass is 301 g/mol. The SMILES string of the molecule is O=C(O)CC1(Nc2ccc(C(F)(F)F)cc2)CCCCC1. The Labute approximate surface area is 121 Å². The predicted molar refractivity (Wildman–Crippen MR) is 73.1 cm³/mol. The molecule has 1 fully saturated rings. The minimum atomic E-state index is -4.36. The first kappa shape index (κ1) is 15.7. The maximum Gasteiger partial charge on any atom is 0.416 e. The molecule has 0 heterocycles. The van der Waals surface area contributed by atoms with Gasteiger partial charge < -0.3 is 10.4 Å². The van der Waals surface area contributed by atoms with Crippen LogP contribution in [0.25, 0.3) is 0 Å². The van der Waals surface area contributed by atoms with Crippen LogP contribution in [0.3, 0.4) is 0 Å². The zero-order chi connectivity index (χ0) is 15.5. The van der Waals surface area contributed by atoms with Crippen LogP contribution in [-0.4, -0.2) is 16.6 Å². The smallest absolute Gasteiger partial charge is 0.416 e. The number of hydrogen-bond donors (Lipinski definition) is 2. The minimum Gasteiger partial charge on any atom is -0.481 e. The molecule has 1 saturated carbocycles. The van der Waals surface area contributed by atoms with Crippen molar-refractivity contribution < 1.29 is 23.1 Å². The highest BCUT2D eigenvalue weighted by atomic mass is 19.4. The van der Waals surface area contributed by atoms with E-state index < -0.39 is 23.2 Å². The van der Waals surface area contributed by atoms with Gasteiger partial charge in [-0.1, -0.05) is 19.3 Å². The number of nitrogens with one attached hydrogen (secondary N) is 1. The van der Waals surface area contributed by atoms with Gasteiger partial charge in [0.2, 0.25) is 0 Å². The third-order valence-electron chi connectivity index (χ3n) is 3.92. The van der Waals surface area contributed by atoms with Gasteiger partial charge in [-0.2, -0.15) is 13.2 Å². The first-order chi connectivity index (χ1) is 9.81. The quantitative estimate of drug-likeness (QED) is 0.872. The molecule has 3 nitrogen and oxygen atoms in total. The van der Waals surface area contributed by atoms with Crippen LogP contribution in [0.4, 0.5) is 18.9 Å². The second kappa shape index (κ2) is 5.95. The van der Waals surface area contributed by atoms with E-state index in [4.69, 9.17) is 5.11 Å². The van der Waals surface area contributed by atoms with Crippen molar-refractivity contribution in [3.05, 3.63) is 29.8 Å². The largest absolute Gasteiger partial charge is 0.481 e. The molecule has 0 atom stereocenters. The third kappa shape index (κ3) is 4.12. The average molecular weight is 301 g/mol. The molecule has 1 aliphatic rings. The lowest BCUT2D eigenvalue weighted by molar-refractivity contribution is -0.139. The van der Waals surface area contributed by atoms with Gasteiger partial charge in [-0.15, -0.1) is 0 Å². The molecule has 6 heteroatoms. The molecular weight excluding hydrogens is 283 g/mol. The molecule has 0 spiro atoms. The molecule has 0 saturated heterocycles. The number of hydrogen-bond acceptors (Lipinski definition) is 2. The molecule has 2 rings (SSSR count). The van der Waals surface area contributed by atoms with E-state index in [9.17, 15) is 18.0 Å². The Morgan fingerprint density at radius 3 is 2.19 bits per heavy atom. The molecular formula is C15H18F3NO2. The van der Waals surface area contributed by atoms with Crippen LogP contribution in [0.15, 0.2) is 24.3 Å². The molecule has 1 aliphatic carbocycles. The molecule has 21 heavy (non-hydrogen) atoms. The van der Waals surface area contributed by atoms with Gasteiger partial charge in [-0.3, -0.25) is 4.79 Å². The summed E-state index contributed by atoms with van der Waals surface area (Å²) in [5.41, 5.74) is -0.723. The number of anilines is 1. The third-order valence-corrected chi connectivity index (χ3v) is 3.92. The highest BCUT2D eigenvalue weighted by Gasteiger charge is 2.35. The van der Waals surface area contributed by atoms with Crippen molar-refractivity contribution in [2.45, 2.75) is 50.2 Å². The number of carboxylic acids is 1. The second-order valence-electron chi connectivity index (χ2n) is 5.61. The Kier molecular flexibility index (Phi) is 4.44. The number of rotatable bonds is 4.